The van der Waals surface area contributed by atoms with E-state index >= 15 is 0 Å². The first-order valence-corrected chi connectivity index (χ1v) is 13.8. The summed E-state index contributed by atoms with van der Waals surface area (Å²) in [6, 6.07) is 0. The summed E-state index contributed by atoms with van der Waals surface area (Å²) in [5.41, 5.74) is 0. The Labute approximate surface area is 194 Å². The highest BCUT2D eigenvalue weighted by atomic mass is 16.5. The number of ether oxygens (including phenoxy) is 1. The zero-order chi connectivity index (χ0) is 22.8. The third-order valence-corrected chi connectivity index (χ3v) is 6.22. The summed E-state index contributed by atoms with van der Waals surface area (Å²) in [6.45, 7) is 4.50. The first-order valence-electron chi connectivity index (χ1n) is 13.8. The van der Waals surface area contributed by atoms with Crippen molar-refractivity contribution in [2.75, 3.05) is 0 Å². The van der Waals surface area contributed by atoms with E-state index in [2.05, 4.69) is 13.8 Å². The van der Waals surface area contributed by atoms with E-state index in [1.807, 2.05) is 6.29 Å². The van der Waals surface area contributed by atoms with Crippen molar-refractivity contribution < 1.29 is 14.3 Å². The quantitative estimate of drug-likeness (QED) is 0.106. The predicted molar refractivity (Wildman–Crippen MR) is 133 cm³/mol. The first-order chi connectivity index (χ1) is 15.2. The fourth-order valence-electron chi connectivity index (χ4n) is 4.16. The van der Waals surface area contributed by atoms with Crippen molar-refractivity contribution in [2.45, 2.75) is 168 Å². The van der Waals surface area contributed by atoms with E-state index in [9.17, 15) is 9.59 Å². The van der Waals surface area contributed by atoms with Crippen molar-refractivity contribution >= 4 is 12.3 Å². The molecule has 183 valence electrons. The summed E-state index contributed by atoms with van der Waals surface area (Å²) < 4.78 is 5.54. The third-order valence-electron chi connectivity index (χ3n) is 6.22. The SMILES string of the molecule is CCCCCCCCCCCCCCCC(=O)OC(C[C]=O)CCCCCCCCC. The number of hydrogen-bond donors (Lipinski definition) is 0. The van der Waals surface area contributed by atoms with Crippen LogP contribution in [0.3, 0.4) is 0 Å². The van der Waals surface area contributed by atoms with Gasteiger partial charge in [0.2, 0.25) is 6.29 Å². The van der Waals surface area contributed by atoms with Crippen LogP contribution in [0.5, 0.6) is 0 Å². The number of unbranched alkanes of at least 4 members (excludes halogenated alkanes) is 18. The van der Waals surface area contributed by atoms with Crippen molar-refractivity contribution in [1.29, 1.82) is 0 Å². The zero-order valence-electron chi connectivity index (χ0n) is 21.1. The van der Waals surface area contributed by atoms with Crippen molar-refractivity contribution in [3.05, 3.63) is 0 Å². The Bertz CT molecular complexity index is 380. The molecule has 0 fully saturated rings. The first kappa shape index (κ1) is 30.1. The fraction of sp³-hybridized carbons (Fsp3) is 0.929. The maximum atomic E-state index is 12.1. The second-order valence-corrected chi connectivity index (χ2v) is 9.36. The van der Waals surface area contributed by atoms with Crippen LogP contribution in [0, 0.1) is 0 Å². The normalized spacial score (nSPS) is 12.1. The number of carbonyl (C=O) groups is 1. The second-order valence-electron chi connectivity index (χ2n) is 9.36. The van der Waals surface area contributed by atoms with Gasteiger partial charge in [0.1, 0.15) is 6.10 Å². The van der Waals surface area contributed by atoms with Crippen LogP contribution in [-0.4, -0.2) is 18.4 Å². The van der Waals surface area contributed by atoms with Crippen LogP contribution in [0.15, 0.2) is 0 Å². The standard InChI is InChI=1S/C28H53O3/c1-3-5-7-9-11-12-13-14-15-16-18-20-22-24-28(30)31-27(25-26-29)23-21-19-17-10-8-6-4-2/h27H,3-25H2,1-2H3. The van der Waals surface area contributed by atoms with Crippen LogP contribution < -0.4 is 0 Å². The number of carbonyl (C=O) groups excluding carboxylic acids is 2. The van der Waals surface area contributed by atoms with Crippen LogP contribution in [0.1, 0.15) is 162 Å². The molecule has 1 unspecified atom stereocenters. The van der Waals surface area contributed by atoms with Gasteiger partial charge in [-0.15, -0.1) is 0 Å². The highest BCUT2D eigenvalue weighted by Crippen LogP contribution is 2.15. The van der Waals surface area contributed by atoms with Gasteiger partial charge in [0.25, 0.3) is 0 Å². The van der Waals surface area contributed by atoms with Crippen molar-refractivity contribution in [1.82, 2.24) is 0 Å². The molecule has 0 N–H and O–H groups in total. The topological polar surface area (TPSA) is 43.4 Å². The summed E-state index contributed by atoms with van der Waals surface area (Å²) >= 11 is 0. The van der Waals surface area contributed by atoms with Crippen LogP contribution in [0.2, 0.25) is 0 Å². The molecule has 0 aliphatic heterocycles. The molecule has 0 aromatic carbocycles. The monoisotopic (exact) mass is 437 g/mol. The van der Waals surface area contributed by atoms with Gasteiger partial charge in [0.05, 0.1) is 6.42 Å². The highest BCUT2D eigenvalue weighted by molar-refractivity contribution is 5.69. The summed E-state index contributed by atoms with van der Waals surface area (Å²) in [6.07, 6.45) is 28.7. The van der Waals surface area contributed by atoms with Crippen molar-refractivity contribution in [2.24, 2.45) is 0 Å². The maximum Gasteiger partial charge on any atom is 0.306 e. The van der Waals surface area contributed by atoms with E-state index in [-0.39, 0.29) is 18.5 Å². The van der Waals surface area contributed by atoms with E-state index in [1.165, 1.54) is 103 Å². The maximum absolute atomic E-state index is 12.1. The van der Waals surface area contributed by atoms with Gasteiger partial charge in [-0.1, -0.05) is 129 Å². The summed E-state index contributed by atoms with van der Waals surface area (Å²) in [4.78, 5) is 22.9. The molecule has 3 nitrogen and oxygen atoms in total. The molecular formula is C28H53O3. The number of rotatable bonds is 25. The lowest BCUT2D eigenvalue weighted by molar-refractivity contribution is -0.149. The number of esters is 1. The van der Waals surface area contributed by atoms with E-state index < -0.39 is 0 Å². The molecule has 3 heteroatoms. The Morgan fingerprint density at radius 1 is 0.613 bits per heavy atom. The Hall–Kier alpha value is -0.860. The lowest BCUT2D eigenvalue weighted by Crippen LogP contribution is -2.18. The third kappa shape index (κ3) is 23.6. The van der Waals surface area contributed by atoms with Gasteiger partial charge in [-0.2, -0.15) is 0 Å². The van der Waals surface area contributed by atoms with Crippen LogP contribution >= 0.6 is 0 Å². The zero-order valence-corrected chi connectivity index (χ0v) is 21.1. The van der Waals surface area contributed by atoms with E-state index in [1.54, 1.807) is 0 Å². The summed E-state index contributed by atoms with van der Waals surface area (Å²) in [7, 11) is 0. The molecule has 0 amide bonds. The van der Waals surface area contributed by atoms with E-state index in [0.717, 1.165) is 32.1 Å². The highest BCUT2D eigenvalue weighted by Gasteiger charge is 2.14. The van der Waals surface area contributed by atoms with Crippen LogP contribution in [0.4, 0.5) is 0 Å². The second kappa shape index (κ2) is 25.4. The van der Waals surface area contributed by atoms with Crippen LogP contribution in [0.25, 0.3) is 0 Å². The molecule has 31 heavy (non-hydrogen) atoms. The molecule has 0 aliphatic rings. The van der Waals surface area contributed by atoms with E-state index in [0.29, 0.717) is 6.42 Å². The molecule has 0 heterocycles. The lowest BCUT2D eigenvalue weighted by atomic mass is 10.0. The smallest absolute Gasteiger partial charge is 0.306 e. The lowest BCUT2D eigenvalue weighted by Gasteiger charge is -2.15. The molecule has 0 saturated carbocycles. The molecule has 1 atom stereocenters. The minimum atomic E-state index is -0.261. The van der Waals surface area contributed by atoms with Crippen molar-refractivity contribution in [3.8, 4) is 0 Å². The van der Waals surface area contributed by atoms with Crippen LogP contribution in [-0.2, 0) is 14.3 Å². The molecular weight excluding hydrogens is 384 g/mol. The Morgan fingerprint density at radius 3 is 1.42 bits per heavy atom. The fourth-order valence-corrected chi connectivity index (χ4v) is 4.16. The van der Waals surface area contributed by atoms with Gasteiger partial charge in [-0.05, 0) is 19.3 Å². The summed E-state index contributed by atoms with van der Waals surface area (Å²) in [5.74, 6) is -0.133. The van der Waals surface area contributed by atoms with Gasteiger partial charge >= 0.3 is 5.97 Å². The van der Waals surface area contributed by atoms with Crippen molar-refractivity contribution in [3.63, 3.8) is 0 Å². The Kier molecular flexibility index (Phi) is 24.7. The van der Waals surface area contributed by atoms with Gasteiger partial charge < -0.3 is 4.74 Å². The Balaban J connectivity index is 3.53. The molecule has 0 aliphatic carbocycles. The average molecular weight is 438 g/mol. The largest absolute Gasteiger partial charge is 0.462 e. The minimum Gasteiger partial charge on any atom is -0.462 e. The average Bonchev–Trinajstić information content (AvgIpc) is 2.76. The summed E-state index contributed by atoms with van der Waals surface area (Å²) in [5, 5.41) is 0. The molecule has 0 spiro atoms. The van der Waals surface area contributed by atoms with Gasteiger partial charge in [0.15, 0.2) is 0 Å². The molecule has 0 aromatic rings. The Morgan fingerprint density at radius 2 is 1.00 bits per heavy atom. The van der Waals surface area contributed by atoms with Gasteiger partial charge in [-0.3, -0.25) is 9.59 Å². The van der Waals surface area contributed by atoms with Gasteiger partial charge in [-0.25, -0.2) is 0 Å². The molecule has 0 rings (SSSR count). The molecule has 0 bridgehead atoms. The van der Waals surface area contributed by atoms with Gasteiger partial charge in [0, 0.05) is 6.42 Å². The van der Waals surface area contributed by atoms with E-state index in [4.69, 9.17) is 4.74 Å². The molecule has 0 saturated heterocycles. The molecule has 1 radical (unpaired) electrons. The molecule has 0 aromatic heterocycles. The predicted octanol–water partition coefficient (Wildman–Crippen LogP) is 9.02. The number of hydrogen-bond acceptors (Lipinski definition) is 3. The minimum absolute atomic E-state index is 0.133.